The van der Waals surface area contributed by atoms with Crippen molar-refractivity contribution in [3.05, 3.63) is 69.3 Å². The molecule has 0 spiro atoms. The minimum atomic E-state index is -0.00829. The number of nitrogens with one attached hydrogen (secondary N) is 1. The van der Waals surface area contributed by atoms with Crippen LogP contribution in [0.3, 0.4) is 0 Å². The fraction of sp³-hybridized carbons (Fsp3) is 0.150. The summed E-state index contributed by atoms with van der Waals surface area (Å²) in [5.74, 6) is 0. The molecule has 3 N–H and O–H groups in total. The van der Waals surface area contributed by atoms with Crippen molar-refractivity contribution in [2.45, 2.75) is 13.3 Å². The minimum absolute atomic E-state index is 0.00829. The average molecular weight is 334 g/mol. The van der Waals surface area contributed by atoms with E-state index in [-0.39, 0.29) is 5.56 Å². The van der Waals surface area contributed by atoms with E-state index in [0.29, 0.717) is 6.54 Å². The Morgan fingerprint density at radius 3 is 2.62 bits per heavy atom. The number of hydrogen-bond donors (Lipinski definition) is 2. The van der Waals surface area contributed by atoms with Gasteiger partial charge in [-0.15, -0.1) is 11.3 Å². The van der Waals surface area contributed by atoms with Gasteiger partial charge in [0.2, 0.25) is 0 Å². The van der Waals surface area contributed by atoms with Crippen molar-refractivity contribution in [2.75, 3.05) is 6.54 Å². The van der Waals surface area contributed by atoms with E-state index in [2.05, 4.69) is 41.4 Å². The largest absolute Gasteiger partial charge is 0.330 e. The smallest absolute Gasteiger partial charge is 0.266 e. The number of fused-ring (bicyclic) bond motifs is 3. The van der Waals surface area contributed by atoms with E-state index < -0.39 is 0 Å². The summed E-state index contributed by atoms with van der Waals surface area (Å²) in [6.07, 6.45) is 0.886. The Bertz CT molecular complexity index is 1090. The van der Waals surface area contributed by atoms with Gasteiger partial charge >= 0.3 is 0 Å². The van der Waals surface area contributed by atoms with Gasteiger partial charge in [-0.1, -0.05) is 36.4 Å². The maximum Gasteiger partial charge on any atom is 0.266 e. The molecule has 0 radical (unpaired) electrons. The van der Waals surface area contributed by atoms with Gasteiger partial charge in [0.1, 0.15) is 4.70 Å². The predicted octanol–water partition coefficient (Wildman–Crippen LogP) is 4.22. The second-order valence-corrected chi connectivity index (χ2v) is 6.95. The molecule has 3 nitrogen and oxygen atoms in total. The van der Waals surface area contributed by atoms with E-state index in [0.717, 1.165) is 44.1 Å². The number of rotatable bonds is 3. The number of aromatic nitrogens is 1. The lowest BCUT2D eigenvalue weighted by atomic mass is 9.95. The molecule has 2 aromatic heterocycles. The van der Waals surface area contributed by atoms with E-state index in [1.807, 2.05) is 18.4 Å². The van der Waals surface area contributed by atoms with Gasteiger partial charge in [-0.2, -0.15) is 0 Å². The first-order valence-electron chi connectivity index (χ1n) is 8.01. The summed E-state index contributed by atoms with van der Waals surface area (Å²) in [6, 6.07) is 14.8. The molecule has 0 aliphatic rings. The molecule has 4 aromatic rings. The summed E-state index contributed by atoms with van der Waals surface area (Å²) in [6.45, 7) is 2.69. The van der Waals surface area contributed by atoms with Crippen LogP contribution < -0.4 is 11.3 Å². The zero-order chi connectivity index (χ0) is 16.7. The van der Waals surface area contributed by atoms with Crippen LogP contribution in [0.15, 0.2) is 52.6 Å². The number of aromatic amines is 1. The van der Waals surface area contributed by atoms with Crippen LogP contribution in [0.5, 0.6) is 0 Å². The molecule has 0 amide bonds. The van der Waals surface area contributed by atoms with Crippen LogP contribution in [0.2, 0.25) is 0 Å². The van der Waals surface area contributed by atoms with Gasteiger partial charge in [0, 0.05) is 10.8 Å². The average Bonchev–Trinajstić information content (AvgIpc) is 3.08. The normalized spacial score (nSPS) is 11.4. The van der Waals surface area contributed by atoms with Crippen LogP contribution in [0, 0.1) is 6.92 Å². The number of aryl methyl sites for hydroxylation is 1. The molecule has 120 valence electrons. The third-order valence-electron chi connectivity index (χ3n) is 4.49. The lowest BCUT2D eigenvalue weighted by Crippen LogP contribution is -2.05. The van der Waals surface area contributed by atoms with Crippen molar-refractivity contribution in [1.29, 1.82) is 0 Å². The Hall–Kier alpha value is -2.43. The summed E-state index contributed by atoms with van der Waals surface area (Å²) in [5.41, 5.74) is 11.2. The van der Waals surface area contributed by atoms with E-state index >= 15 is 0 Å². The molecule has 4 heteroatoms. The van der Waals surface area contributed by atoms with Crippen LogP contribution in [0.1, 0.15) is 11.1 Å². The summed E-state index contributed by atoms with van der Waals surface area (Å²) in [7, 11) is 0. The number of nitrogens with two attached hydrogens (primary N) is 1. The molecule has 0 bridgehead atoms. The molecular formula is C20H18N2OS. The fourth-order valence-corrected chi connectivity index (χ4v) is 4.05. The Morgan fingerprint density at radius 2 is 1.88 bits per heavy atom. The van der Waals surface area contributed by atoms with Gasteiger partial charge in [0.15, 0.2) is 0 Å². The molecular weight excluding hydrogens is 316 g/mol. The standard InChI is InChI=1S/C20H18N2OS/c1-12-2-7-15(14-5-3-13(4-6-14)8-10-21)17-16-9-11-24-19(16)20(23)22-18(12)17/h2-7,9,11H,8,10,21H2,1H3,(H,22,23). The Morgan fingerprint density at radius 1 is 1.08 bits per heavy atom. The molecule has 0 aliphatic heterocycles. The van der Waals surface area contributed by atoms with E-state index in [9.17, 15) is 4.79 Å². The Kier molecular flexibility index (Phi) is 3.71. The van der Waals surface area contributed by atoms with E-state index in [1.165, 1.54) is 16.9 Å². The molecule has 0 unspecified atom stereocenters. The van der Waals surface area contributed by atoms with Gasteiger partial charge < -0.3 is 10.7 Å². The van der Waals surface area contributed by atoms with Gasteiger partial charge in [-0.05, 0) is 53.6 Å². The number of benzene rings is 2. The van der Waals surface area contributed by atoms with Crippen molar-refractivity contribution in [3.63, 3.8) is 0 Å². The second kappa shape index (κ2) is 5.89. The van der Waals surface area contributed by atoms with Gasteiger partial charge in [0.05, 0.1) is 5.52 Å². The van der Waals surface area contributed by atoms with Crippen molar-refractivity contribution in [2.24, 2.45) is 5.73 Å². The Labute approximate surface area is 143 Å². The number of thiophene rings is 1. The molecule has 0 aliphatic carbocycles. The number of H-pyrrole nitrogens is 1. The monoisotopic (exact) mass is 334 g/mol. The highest BCUT2D eigenvalue weighted by Crippen LogP contribution is 2.35. The van der Waals surface area contributed by atoms with Crippen LogP contribution in [0.25, 0.3) is 32.1 Å². The number of hydrogen-bond acceptors (Lipinski definition) is 3. The van der Waals surface area contributed by atoms with Crippen LogP contribution in [0.4, 0.5) is 0 Å². The van der Waals surface area contributed by atoms with Crippen molar-refractivity contribution >= 4 is 32.3 Å². The first kappa shape index (κ1) is 15.1. The third kappa shape index (κ3) is 2.35. The maximum absolute atomic E-state index is 12.3. The Balaban J connectivity index is 2.03. The summed E-state index contributed by atoms with van der Waals surface area (Å²) in [4.78, 5) is 15.4. The zero-order valence-electron chi connectivity index (χ0n) is 13.4. The van der Waals surface area contributed by atoms with Gasteiger partial charge in [0.25, 0.3) is 5.56 Å². The van der Waals surface area contributed by atoms with Crippen molar-refractivity contribution in [1.82, 2.24) is 4.98 Å². The molecule has 2 aromatic carbocycles. The van der Waals surface area contributed by atoms with Crippen LogP contribution in [-0.4, -0.2) is 11.5 Å². The first-order chi connectivity index (χ1) is 11.7. The lowest BCUT2D eigenvalue weighted by molar-refractivity contribution is 0.969. The maximum atomic E-state index is 12.3. The minimum Gasteiger partial charge on any atom is -0.330 e. The molecule has 0 atom stereocenters. The summed E-state index contributed by atoms with van der Waals surface area (Å²) >= 11 is 1.49. The molecule has 0 saturated carbocycles. The number of pyridine rings is 1. The molecule has 0 saturated heterocycles. The fourth-order valence-electron chi connectivity index (χ4n) is 3.26. The third-order valence-corrected chi connectivity index (χ3v) is 5.40. The quantitative estimate of drug-likeness (QED) is 0.589. The van der Waals surface area contributed by atoms with E-state index in [4.69, 9.17) is 5.73 Å². The van der Waals surface area contributed by atoms with Crippen molar-refractivity contribution < 1.29 is 0 Å². The highest BCUT2D eigenvalue weighted by atomic mass is 32.1. The van der Waals surface area contributed by atoms with Crippen LogP contribution >= 0.6 is 11.3 Å². The highest BCUT2D eigenvalue weighted by molar-refractivity contribution is 7.17. The lowest BCUT2D eigenvalue weighted by Gasteiger charge is -2.11. The molecule has 24 heavy (non-hydrogen) atoms. The first-order valence-corrected chi connectivity index (χ1v) is 8.89. The van der Waals surface area contributed by atoms with E-state index in [1.54, 1.807) is 0 Å². The zero-order valence-corrected chi connectivity index (χ0v) is 14.2. The molecule has 4 rings (SSSR count). The topological polar surface area (TPSA) is 58.9 Å². The SMILES string of the molecule is Cc1ccc(-c2ccc(CCN)cc2)c2c1[nH]c(=O)c1sccc12. The summed E-state index contributed by atoms with van der Waals surface area (Å²) in [5, 5.41) is 4.14. The van der Waals surface area contributed by atoms with Gasteiger partial charge in [-0.25, -0.2) is 0 Å². The highest BCUT2D eigenvalue weighted by Gasteiger charge is 2.13. The summed E-state index contributed by atoms with van der Waals surface area (Å²) < 4.78 is 0.786. The predicted molar refractivity (Wildman–Crippen MR) is 103 cm³/mol. The van der Waals surface area contributed by atoms with Gasteiger partial charge in [-0.3, -0.25) is 4.79 Å². The van der Waals surface area contributed by atoms with Crippen molar-refractivity contribution in [3.8, 4) is 11.1 Å². The van der Waals surface area contributed by atoms with Crippen LogP contribution in [-0.2, 0) is 6.42 Å². The molecule has 0 fully saturated rings. The molecule has 2 heterocycles. The second-order valence-electron chi connectivity index (χ2n) is 6.03.